The topological polar surface area (TPSA) is 47.3 Å². The molecule has 0 aromatic heterocycles. The molecule has 68 valence electrons. The summed E-state index contributed by atoms with van der Waals surface area (Å²) < 4.78 is 4.92. The Kier molecular flexibility index (Phi) is 7.89. The van der Waals surface area contributed by atoms with Crippen molar-refractivity contribution in [3.05, 3.63) is 0 Å². The Labute approximate surface area is 69.3 Å². The van der Waals surface area contributed by atoms with Crippen LogP contribution in [0.4, 0.5) is 0 Å². The van der Waals surface area contributed by atoms with Crippen LogP contribution in [0.3, 0.4) is 0 Å². The molecule has 0 fully saturated rings. The van der Waals surface area contributed by atoms with E-state index in [1.165, 1.54) is 12.8 Å². The molecule has 0 bridgehead atoms. The molecule has 0 heterocycles. The van der Waals surface area contributed by atoms with E-state index in [0.29, 0.717) is 6.61 Å². The number of hydrogen-bond acceptors (Lipinski definition) is 3. The van der Waals surface area contributed by atoms with E-state index in [-0.39, 0.29) is 6.04 Å². The second-order valence-electron chi connectivity index (χ2n) is 2.81. The van der Waals surface area contributed by atoms with Gasteiger partial charge in [-0.2, -0.15) is 0 Å². The summed E-state index contributed by atoms with van der Waals surface area (Å²) in [5.74, 6) is 0. The zero-order valence-corrected chi connectivity index (χ0v) is 7.60. The Balaban J connectivity index is 2.97. The van der Waals surface area contributed by atoms with E-state index in [1.54, 1.807) is 7.11 Å². The van der Waals surface area contributed by atoms with Gasteiger partial charge in [-0.1, -0.05) is 6.42 Å². The third kappa shape index (κ3) is 7.78. The molecule has 0 amide bonds. The molecule has 1 unspecified atom stereocenters. The first kappa shape index (κ1) is 10.9. The Hall–Kier alpha value is -0.120. The fourth-order valence-electron chi connectivity index (χ4n) is 1.01. The summed E-state index contributed by atoms with van der Waals surface area (Å²) in [6, 6.07) is 0.219. The van der Waals surface area contributed by atoms with Gasteiger partial charge >= 0.3 is 0 Å². The average Bonchev–Trinajstić information content (AvgIpc) is 1.99. The quantitative estimate of drug-likeness (QED) is 0.528. The second kappa shape index (κ2) is 7.98. The summed E-state index contributed by atoms with van der Waals surface area (Å²) in [6.45, 7) is 1.76. The molecule has 0 rings (SSSR count). The number of methoxy groups -OCH3 is 1. The van der Waals surface area contributed by atoms with Gasteiger partial charge in [0.05, 0.1) is 6.61 Å². The van der Waals surface area contributed by atoms with Crippen LogP contribution in [-0.4, -0.2) is 33.4 Å². The molecule has 1 atom stereocenters. The highest BCUT2D eigenvalue weighted by Crippen LogP contribution is 1.97. The van der Waals surface area contributed by atoms with Crippen LogP contribution in [0.1, 0.15) is 19.3 Å². The summed E-state index contributed by atoms with van der Waals surface area (Å²) >= 11 is 0. The van der Waals surface area contributed by atoms with E-state index in [4.69, 9.17) is 10.5 Å². The third-order valence-electron chi connectivity index (χ3n) is 1.63. The molecule has 11 heavy (non-hydrogen) atoms. The van der Waals surface area contributed by atoms with Crippen molar-refractivity contribution in [1.82, 2.24) is 5.32 Å². The van der Waals surface area contributed by atoms with Crippen molar-refractivity contribution >= 4 is 0 Å². The maximum atomic E-state index is 5.72. The molecule has 0 aliphatic heterocycles. The van der Waals surface area contributed by atoms with E-state index in [0.717, 1.165) is 13.0 Å². The lowest BCUT2D eigenvalue weighted by molar-refractivity contribution is 0.176. The van der Waals surface area contributed by atoms with Crippen molar-refractivity contribution in [2.24, 2.45) is 5.73 Å². The zero-order valence-electron chi connectivity index (χ0n) is 7.60. The van der Waals surface area contributed by atoms with Crippen LogP contribution < -0.4 is 11.1 Å². The molecule has 0 aromatic rings. The van der Waals surface area contributed by atoms with Crippen LogP contribution in [0.25, 0.3) is 0 Å². The SMILES string of the molecule is CNCCCCC(N)COC. The van der Waals surface area contributed by atoms with Crippen LogP contribution in [0.15, 0.2) is 0 Å². The Morgan fingerprint density at radius 2 is 2.18 bits per heavy atom. The van der Waals surface area contributed by atoms with Gasteiger partial charge in [0.1, 0.15) is 0 Å². The fraction of sp³-hybridized carbons (Fsp3) is 1.00. The third-order valence-corrected chi connectivity index (χ3v) is 1.63. The standard InChI is InChI=1S/C8H20N2O/c1-10-6-4-3-5-8(9)7-11-2/h8,10H,3-7,9H2,1-2H3. The molecule has 3 nitrogen and oxygen atoms in total. The maximum absolute atomic E-state index is 5.72. The van der Waals surface area contributed by atoms with Crippen molar-refractivity contribution in [3.8, 4) is 0 Å². The number of ether oxygens (including phenoxy) is 1. The van der Waals surface area contributed by atoms with Gasteiger partial charge in [0, 0.05) is 13.2 Å². The van der Waals surface area contributed by atoms with E-state index in [9.17, 15) is 0 Å². The van der Waals surface area contributed by atoms with E-state index in [1.807, 2.05) is 7.05 Å². The first-order valence-electron chi connectivity index (χ1n) is 4.20. The second-order valence-corrected chi connectivity index (χ2v) is 2.81. The first-order chi connectivity index (χ1) is 5.31. The lowest BCUT2D eigenvalue weighted by Crippen LogP contribution is -2.25. The van der Waals surface area contributed by atoms with Gasteiger partial charge in [-0.15, -0.1) is 0 Å². The van der Waals surface area contributed by atoms with Crippen molar-refractivity contribution < 1.29 is 4.74 Å². The van der Waals surface area contributed by atoms with Crippen LogP contribution >= 0.6 is 0 Å². The highest BCUT2D eigenvalue weighted by molar-refractivity contribution is 4.59. The molecule has 0 spiro atoms. The molecule has 0 saturated carbocycles. The largest absolute Gasteiger partial charge is 0.383 e. The van der Waals surface area contributed by atoms with Gasteiger partial charge in [-0.05, 0) is 26.4 Å². The summed E-state index contributed by atoms with van der Waals surface area (Å²) in [5.41, 5.74) is 5.72. The summed E-state index contributed by atoms with van der Waals surface area (Å²) in [6.07, 6.45) is 3.45. The monoisotopic (exact) mass is 160 g/mol. The fourth-order valence-corrected chi connectivity index (χ4v) is 1.01. The van der Waals surface area contributed by atoms with Crippen molar-refractivity contribution in [1.29, 1.82) is 0 Å². The number of hydrogen-bond donors (Lipinski definition) is 2. The number of nitrogens with two attached hydrogens (primary N) is 1. The summed E-state index contributed by atoms with van der Waals surface area (Å²) in [7, 11) is 3.66. The number of nitrogens with one attached hydrogen (secondary N) is 1. The molecular weight excluding hydrogens is 140 g/mol. The predicted molar refractivity (Wildman–Crippen MR) is 47.6 cm³/mol. The van der Waals surface area contributed by atoms with Crippen molar-refractivity contribution in [2.75, 3.05) is 27.3 Å². The number of unbranched alkanes of at least 4 members (excludes halogenated alkanes) is 1. The molecule has 0 saturated heterocycles. The lowest BCUT2D eigenvalue weighted by Gasteiger charge is -2.09. The Bertz CT molecular complexity index is 78.5. The minimum Gasteiger partial charge on any atom is -0.383 e. The normalized spacial score (nSPS) is 13.4. The number of rotatable bonds is 7. The maximum Gasteiger partial charge on any atom is 0.0613 e. The highest BCUT2D eigenvalue weighted by atomic mass is 16.5. The van der Waals surface area contributed by atoms with E-state index < -0.39 is 0 Å². The van der Waals surface area contributed by atoms with Crippen molar-refractivity contribution in [2.45, 2.75) is 25.3 Å². The van der Waals surface area contributed by atoms with Gasteiger partial charge < -0.3 is 15.8 Å². The molecular formula is C8H20N2O. The van der Waals surface area contributed by atoms with Crippen LogP contribution in [0, 0.1) is 0 Å². The Morgan fingerprint density at radius 3 is 2.73 bits per heavy atom. The highest BCUT2D eigenvalue weighted by Gasteiger charge is 1.99. The van der Waals surface area contributed by atoms with Gasteiger partial charge in [0.2, 0.25) is 0 Å². The minimum absolute atomic E-state index is 0.219. The molecule has 0 aliphatic carbocycles. The van der Waals surface area contributed by atoms with Gasteiger partial charge in [0.15, 0.2) is 0 Å². The average molecular weight is 160 g/mol. The first-order valence-corrected chi connectivity index (χ1v) is 4.20. The van der Waals surface area contributed by atoms with Crippen molar-refractivity contribution in [3.63, 3.8) is 0 Å². The molecule has 3 N–H and O–H groups in total. The molecule has 0 aromatic carbocycles. The van der Waals surface area contributed by atoms with Gasteiger partial charge in [-0.25, -0.2) is 0 Å². The summed E-state index contributed by atoms with van der Waals surface area (Å²) in [5, 5.41) is 3.10. The minimum atomic E-state index is 0.219. The smallest absolute Gasteiger partial charge is 0.0613 e. The molecule has 3 heteroatoms. The van der Waals surface area contributed by atoms with E-state index in [2.05, 4.69) is 5.32 Å². The van der Waals surface area contributed by atoms with Gasteiger partial charge in [0.25, 0.3) is 0 Å². The predicted octanol–water partition coefficient (Wildman–Crippen LogP) is 0.350. The van der Waals surface area contributed by atoms with Crippen LogP contribution in [0.2, 0.25) is 0 Å². The zero-order chi connectivity index (χ0) is 8.53. The van der Waals surface area contributed by atoms with Crippen LogP contribution in [0.5, 0.6) is 0 Å². The van der Waals surface area contributed by atoms with Gasteiger partial charge in [-0.3, -0.25) is 0 Å². The summed E-state index contributed by atoms with van der Waals surface area (Å²) in [4.78, 5) is 0. The Morgan fingerprint density at radius 1 is 1.45 bits per heavy atom. The lowest BCUT2D eigenvalue weighted by atomic mass is 10.1. The molecule has 0 radical (unpaired) electrons. The van der Waals surface area contributed by atoms with Crippen LogP contribution in [-0.2, 0) is 4.74 Å². The molecule has 0 aliphatic rings. The van der Waals surface area contributed by atoms with E-state index >= 15 is 0 Å².